The van der Waals surface area contributed by atoms with Gasteiger partial charge in [0.1, 0.15) is 12.2 Å². The van der Waals surface area contributed by atoms with Crippen LogP contribution in [-0.2, 0) is 13.0 Å². The molecule has 0 N–H and O–H groups in total. The van der Waals surface area contributed by atoms with E-state index in [4.69, 9.17) is 4.52 Å². The minimum absolute atomic E-state index is 0.0707. The molecular weight excluding hydrogens is 264 g/mol. The van der Waals surface area contributed by atoms with Gasteiger partial charge in [-0.3, -0.25) is 9.51 Å². The highest BCUT2D eigenvalue weighted by Crippen LogP contribution is 2.12. The van der Waals surface area contributed by atoms with E-state index in [9.17, 15) is 4.79 Å². The summed E-state index contributed by atoms with van der Waals surface area (Å²) >= 11 is 0. The lowest BCUT2D eigenvalue weighted by Gasteiger charge is -1.99. The van der Waals surface area contributed by atoms with Crippen molar-refractivity contribution in [3.05, 3.63) is 40.9 Å². The van der Waals surface area contributed by atoms with E-state index in [1.54, 1.807) is 0 Å². The van der Waals surface area contributed by atoms with E-state index in [-0.39, 0.29) is 12.4 Å². The molecule has 0 radical (unpaired) electrons. The van der Waals surface area contributed by atoms with Crippen molar-refractivity contribution in [1.29, 1.82) is 0 Å². The fraction of sp³-hybridized carbons (Fsp3) is 0.273. The number of rotatable bonds is 4. The van der Waals surface area contributed by atoms with E-state index in [2.05, 4.69) is 29.8 Å². The molecule has 3 rings (SSSR count). The van der Waals surface area contributed by atoms with Crippen molar-refractivity contribution in [2.24, 2.45) is 0 Å². The van der Waals surface area contributed by atoms with Gasteiger partial charge in [0, 0.05) is 18.8 Å². The number of nitrogens with zero attached hydrogens (tertiary/aromatic N) is 6. The van der Waals surface area contributed by atoms with Crippen LogP contribution in [0.25, 0.3) is 11.5 Å². The molecule has 102 valence electrons. The Hall–Kier alpha value is -2.84. The minimum Gasteiger partial charge on any atom is -0.337 e. The highest BCUT2D eigenvalue weighted by Gasteiger charge is 2.17. The quantitative estimate of drug-likeness (QED) is 0.667. The van der Waals surface area contributed by atoms with Gasteiger partial charge in [0.05, 0.1) is 6.20 Å². The minimum atomic E-state index is -0.623. The van der Waals surface area contributed by atoms with E-state index in [0.717, 1.165) is 0 Å². The average molecular weight is 274 g/mol. The van der Waals surface area contributed by atoms with Crippen LogP contribution in [0.5, 0.6) is 0 Å². The van der Waals surface area contributed by atoms with Gasteiger partial charge in [0.2, 0.25) is 11.7 Å². The molecule has 0 aromatic carbocycles. The monoisotopic (exact) mass is 274 g/mol. The van der Waals surface area contributed by atoms with Gasteiger partial charge in [0.15, 0.2) is 5.82 Å². The first-order valence-corrected chi connectivity index (χ1v) is 5.92. The van der Waals surface area contributed by atoms with Crippen LogP contribution in [0.15, 0.2) is 32.4 Å². The van der Waals surface area contributed by atoms with Crippen molar-refractivity contribution in [1.82, 2.24) is 29.8 Å². The summed E-state index contributed by atoms with van der Waals surface area (Å²) in [5.74, 6) is 0.518. The third-order valence-corrected chi connectivity index (χ3v) is 2.60. The van der Waals surface area contributed by atoms with Crippen LogP contribution >= 0.6 is 0 Å². The first-order valence-electron chi connectivity index (χ1n) is 5.92. The second-order valence-corrected chi connectivity index (χ2v) is 3.91. The highest BCUT2D eigenvalue weighted by molar-refractivity contribution is 5.46. The summed E-state index contributed by atoms with van der Waals surface area (Å²) in [6, 6.07) is 0. The molecule has 3 aromatic heterocycles. The van der Waals surface area contributed by atoms with Crippen molar-refractivity contribution in [2.75, 3.05) is 0 Å². The summed E-state index contributed by atoms with van der Waals surface area (Å²) in [4.78, 5) is 23.8. The molecule has 0 unspecified atom stereocenters. The Morgan fingerprint density at radius 2 is 2.15 bits per heavy atom. The third kappa shape index (κ3) is 2.20. The molecule has 3 heterocycles. The van der Waals surface area contributed by atoms with E-state index in [0.29, 0.717) is 23.8 Å². The topological polar surface area (TPSA) is 113 Å². The molecule has 0 saturated heterocycles. The standard InChI is InChI=1S/C11H10N6O3/c1-2-8-14-9(19-15-8)6-17-10(16-20-11(17)18)7-5-12-3-4-13-7/h3-5H,2,6H2,1H3. The second kappa shape index (κ2) is 5.03. The van der Waals surface area contributed by atoms with E-state index < -0.39 is 5.76 Å². The van der Waals surface area contributed by atoms with E-state index in [1.807, 2.05) is 6.92 Å². The van der Waals surface area contributed by atoms with Crippen LogP contribution < -0.4 is 5.76 Å². The van der Waals surface area contributed by atoms with E-state index in [1.165, 1.54) is 23.2 Å². The molecule has 0 amide bonds. The van der Waals surface area contributed by atoms with Crippen molar-refractivity contribution >= 4 is 0 Å². The molecule has 3 aromatic rings. The lowest BCUT2D eigenvalue weighted by Crippen LogP contribution is -2.16. The number of hydrogen-bond donors (Lipinski definition) is 0. The molecule has 0 aliphatic rings. The molecule has 9 heteroatoms. The first kappa shape index (κ1) is 12.2. The summed E-state index contributed by atoms with van der Waals surface area (Å²) in [5, 5.41) is 7.46. The maximum absolute atomic E-state index is 11.7. The van der Waals surface area contributed by atoms with E-state index >= 15 is 0 Å². The van der Waals surface area contributed by atoms with Crippen LogP contribution in [0.1, 0.15) is 18.6 Å². The normalized spacial score (nSPS) is 10.8. The Kier molecular flexibility index (Phi) is 3.07. The molecule has 9 nitrogen and oxygen atoms in total. The summed E-state index contributed by atoms with van der Waals surface area (Å²) in [7, 11) is 0. The zero-order valence-corrected chi connectivity index (χ0v) is 10.6. The summed E-state index contributed by atoms with van der Waals surface area (Å²) in [6.45, 7) is 1.98. The highest BCUT2D eigenvalue weighted by atomic mass is 16.5. The second-order valence-electron chi connectivity index (χ2n) is 3.91. The lowest BCUT2D eigenvalue weighted by molar-refractivity contribution is 0.351. The predicted octanol–water partition coefficient (Wildman–Crippen LogP) is 0.287. The molecule has 0 aliphatic carbocycles. The molecule has 0 spiro atoms. The summed E-state index contributed by atoms with van der Waals surface area (Å²) in [5.41, 5.74) is 0.425. The summed E-state index contributed by atoms with van der Waals surface area (Å²) < 4.78 is 11.0. The largest absolute Gasteiger partial charge is 0.442 e. The van der Waals surface area contributed by atoms with Gasteiger partial charge in [0.25, 0.3) is 0 Å². The van der Waals surface area contributed by atoms with Crippen molar-refractivity contribution in [2.45, 2.75) is 19.9 Å². The molecule has 0 aliphatic heterocycles. The average Bonchev–Trinajstić information content (AvgIpc) is 3.08. The van der Waals surface area contributed by atoms with Crippen LogP contribution in [0, 0.1) is 0 Å². The van der Waals surface area contributed by atoms with Gasteiger partial charge in [-0.25, -0.2) is 14.3 Å². The third-order valence-electron chi connectivity index (χ3n) is 2.60. The Bertz CT molecular complexity index is 760. The SMILES string of the molecule is CCc1noc(Cn2c(-c3cnccn3)noc2=O)n1. The van der Waals surface area contributed by atoms with Crippen LogP contribution in [0.4, 0.5) is 0 Å². The molecule has 0 saturated carbocycles. The molecule has 0 bridgehead atoms. The van der Waals surface area contributed by atoms with Gasteiger partial charge in [-0.2, -0.15) is 4.98 Å². The molecule has 0 atom stereocenters. The summed E-state index contributed by atoms with van der Waals surface area (Å²) in [6.07, 6.45) is 5.16. The fourth-order valence-electron chi connectivity index (χ4n) is 1.64. The van der Waals surface area contributed by atoms with Crippen LogP contribution in [-0.4, -0.2) is 29.8 Å². The van der Waals surface area contributed by atoms with Gasteiger partial charge in [-0.1, -0.05) is 17.2 Å². The molecule has 20 heavy (non-hydrogen) atoms. The number of aryl methyl sites for hydroxylation is 1. The van der Waals surface area contributed by atoms with Gasteiger partial charge >= 0.3 is 5.76 Å². The Morgan fingerprint density at radius 1 is 1.25 bits per heavy atom. The van der Waals surface area contributed by atoms with Crippen LogP contribution in [0.2, 0.25) is 0 Å². The molecule has 0 fully saturated rings. The van der Waals surface area contributed by atoms with Gasteiger partial charge in [-0.05, 0) is 0 Å². The maximum Gasteiger partial charge on any atom is 0.442 e. The van der Waals surface area contributed by atoms with Crippen LogP contribution in [0.3, 0.4) is 0 Å². The van der Waals surface area contributed by atoms with Gasteiger partial charge in [-0.15, -0.1) is 0 Å². The zero-order chi connectivity index (χ0) is 13.9. The fourth-order valence-corrected chi connectivity index (χ4v) is 1.64. The van der Waals surface area contributed by atoms with Crippen molar-refractivity contribution < 1.29 is 9.05 Å². The lowest BCUT2D eigenvalue weighted by atomic mass is 10.4. The Balaban J connectivity index is 1.97. The van der Waals surface area contributed by atoms with Crippen molar-refractivity contribution in [3.8, 4) is 11.5 Å². The Labute approximate surface area is 112 Å². The zero-order valence-electron chi connectivity index (χ0n) is 10.6. The first-order chi connectivity index (χ1) is 9.78. The number of aromatic nitrogens is 6. The molecular formula is C11H10N6O3. The number of hydrogen-bond acceptors (Lipinski definition) is 8. The Morgan fingerprint density at radius 3 is 2.85 bits per heavy atom. The van der Waals surface area contributed by atoms with Crippen molar-refractivity contribution in [3.63, 3.8) is 0 Å². The van der Waals surface area contributed by atoms with Gasteiger partial charge < -0.3 is 4.52 Å². The smallest absolute Gasteiger partial charge is 0.337 e. The predicted molar refractivity (Wildman–Crippen MR) is 64.6 cm³/mol. The maximum atomic E-state index is 11.7.